The Bertz CT molecular complexity index is 442. The summed E-state index contributed by atoms with van der Waals surface area (Å²) in [6, 6.07) is 6.64. The Kier molecular flexibility index (Phi) is 3.68. The molecule has 1 aliphatic heterocycles. The van der Waals surface area contributed by atoms with Crippen molar-refractivity contribution in [2.75, 3.05) is 12.3 Å². The largest absolute Gasteiger partial charge is 0.508 e. The quantitative estimate of drug-likeness (QED) is 0.896. The second-order valence-electron chi connectivity index (χ2n) is 3.74. The summed E-state index contributed by atoms with van der Waals surface area (Å²) in [7, 11) is 0. The molecule has 0 radical (unpaired) electrons. The van der Waals surface area contributed by atoms with Crippen molar-refractivity contribution in [2.45, 2.75) is 13.3 Å². The standard InChI is InChI=1S/C12H14N2O2S/c1-2-7-14-11(16)8-17-12(14)13-9-3-5-10(15)6-4-9/h3-6,15H,2,7-8H2,1H3. The molecule has 0 saturated carbocycles. The van der Waals surface area contributed by atoms with E-state index in [2.05, 4.69) is 4.99 Å². The molecule has 1 aromatic carbocycles. The summed E-state index contributed by atoms with van der Waals surface area (Å²) < 4.78 is 0. The minimum atomic E-state index is 0.120. The topological polar surface area (TPSA) is 52.9 Å². The van der Waals surface area contributed by atoms with Gasteiger partial charge in [0.15, 0.2) is 5.17 Å². The lowest BCUT2D eigenvalue weighted by Crippen LogP contribution is -2.30. The lowest BCUT2D eigenvalue weighted by molar-refractivity contribution is -0.124. The average molecular weight is 250 g/mol. The maximum atomic E-state index is 11.6. The number of carbonyl (C=O) groups is 1. The van der Waals surface area contributed by atoms with Crippen LogP contribution < -0.4 is 0 Å². The molecule has 90 valence electrons. The van der Waals surface area contributed by atoms with Crippen molar-refractivity contribution in [1.82, 2.24) is 4.90 Å². The van der Waals surface area contributed by atoms with Crippen LogP contribution in [0.5, 0.6) is 5.75 Å². The van der Waals surface area contributed by atoms with Gasteiger partial charge in [0.05, 0.1) is 11.4 Å². The maximum absolute atomic E-state index is 11.6. The van der Waals surface area contributed by atoms with E-state index < -0.39 is 0 Å². The van der Waals surface area contributed by atoms with E-state index in [1.165, 1.54) is 11.8 Å². The maximum Gasteiger partial charge on any atom is 0.239 e. The Morgan fingerprint density at radius 2 is 2.12 bits per heavy atom. The Balaban J connectivity index is 2.20. The van der Waals surface area contributed by atoms with E-state index in [9.17, 15) is 9.90 Å². The molecule has 17 heavy (non-hydrogen) atoms. The monoisotopic (exact) mass is 250 g/mol. The number of hydrogen-bond acceptors (Lipinski definition) is 4. The number of benzene rings is 1. The third-order valence-corrected chi connectivity index (χ3v) is 3.34. The van der Waals surface area contributed by atoms with Crippen LogP contribution >= 0.6 is 11.8 Å². The molecule has 1 N–H and O–H groups in total. The van der Waals surface area contributed by atoms with Gasteiger partial charge in [0.25, 0.3) is 0 Å². The second kappa shape index (κ2) is 5.23. The van der Waals surface area contributed by atoms with E-state index in [0.29, 0.717) is 12.3 Å². The lowest BCUT2D eigenvalue weighted by atomic mass is 10.3. The lowest BCUT2D eigenvalue weighted by Gasteiger charge is -2.14. The SMILES string of the molecule is CCCN1C(=O)CSC1=Nc1ccc(O)cc1. The minimum Gasteiger partial charge on any atom is -0.508 e. The third kappa shape index (κ3) is 2.79. The highest BCUT2D eigenvalue weighted by atomic mass is 32.2. The van der Waals surface area contributed by atoms with Crippen LogP contribution in [0.1, 0.15) is 13.3 Å². The summed E-state index contributed by atoms with van der Waals surface area (Å²) in [6.45, 7) is 2.75. The summed E-state index contributed by atoms with van der Waals surface area (Å²) in [5, 5.41) is 9.93. The first kappa shape index (κ1) is 12.0. The number of thioether (sulfide) groups is 1. The van der Waals surface area contributed by atoms with Crippen LogP contribution in [0.4, 0.5) is 5.69 Å². The zero-order valence-corrected chi connectivity index (χ0v) is 10.4. The zero-order valence-electron chi connectivity index (χ0n) is 9.59. The molecule has 5 heteroatoms. The molecule has 0 aliphatic carbocycles. The minimum absolute atomic E-state index is 0.120. The van der Waals surface area contributed by atoms with Gasteiger partial charge in [-0.2, -0.15) is 0 Å². The van der Waals surface area contributed by atoms with E-state index in [-0.39, 0.29) is 11.7 Å². The fraction of sp³-hybridized carbons (Fsp3) is 0.333. The number of amides is 1. The van der Waals surface area contributed by atoms with E-state index in [4.69, 9.17) is 0 Å². The van der Waals surface area contributed by atoms with Crippen LogP contribution in [0.3, 0.4) is 0 Å². The third-order valence-electron chi connectivity index (χ3n) is 2.38. The van der Waals surface area contributed by atoms with Gasteiger partial charge in [-0.25, -0.2) is 4.99 Å². The van der Waals surface area contributed by atoms with Crippen LogP contribution in [-0.2, 0) is 4.79 Å². The van der Waals surface area contributed by atoms with Crippen LogP contribution in [0, 0.1) is 0 Å². The highest BCUT2D eigenvalue weighted by molar-refractivity contribution is 8.15. The van der Waals surface area contributed by atoms with Gasteiger partial charge in [-0.1, -0.05) is 18.7 Å². The van der Waals surface area contributed by atoms with Crippen molar-refractivity contribution in [3.63, 3.8) is 0 Å². The highest BCUT2D eigenvalue weighted by Gasteiger charge is 2.27. The molecule has 4 nitrogen and oxygen atoms in total. The van der Waals surface area contributed by atoms with Crippen molar-refractivity contribution >= 4 is 28.5 Å². The molecular weight excluding hydrogens is 236 g/mol. The molecule has 0 atom stereocenters. The molecular formula is C12H14N2O2S. The fourth-order valence-corrected chi connectivity index (χ4v) is 2.49. The van der Waals surface area contributed by atoms with Crippen molar-refractivity contribution in [3.8, 4) is 5.75 Å². The summed E-state index contributed by atoms with van der Waals surface area (Å²) in [5.41, 5.74) is 0.751. The first-order valence-electron chi connectivity index (χ1n) is 5.51. The number of phenolic OH excluding ortho intramolecular Hbond substituents is 1. The predicted octanol–water partition coefficient (Wildman–Crippen LogP) is 2.37. The fourth-order valence-electron chi connectivity index (χ4n) is 1.56. The summed E-state index contributed by atoms with van der Waals surface area (Å²) in [5.74, 6) is 0.806. The van der Waals surface area contributed by atoms with Crippen molar-refractivity contribution in [2.24, 2.45) is 4.99 Å². The molecule has 1 saturated heterocycles. The van der Waals surface area contributed by atoms with Crippen LogP contribution in [0.15, 0.2) is 29.3 Å². The number of phenols is 1. The van der Waals surface area contributed by atoms with E-state index in [1.807, 2.05) is 6.92 Å². The molecule has 0 unspecified atom stereocenters. The average Bonchev–Trinajstić information content (AvgIpc) is 2.65. The van der Waals surface area contributed by atoms with E-state index in [1.54, 1.807) is 29.2 Å². The summed E-state index contributed by atoms with van der Waals surface area (Å²) in [6.07, 6.45) is 0.918. The van der Waals surface area contributed by atoms with Gasteiger partial charge in [-0.3, -0.25) is 9.69 Å². The van der Waals surface area contributed by atoms with Gasteiger partial charge in [-0.15, -0.1) is 0 Å². The van der Waals surface area contributed by atoms with E-state index in [0.717, 1.165) is 17.3 Å². The Morgan fingerprint density at radius 1 is 1.41 bits per heavy atom. The molecule has 0 bridgehead atoms. The normalized spacial score (nSPS) is 18.1. The molecule has 0 spiro atoms. The van der Waals surface area contributed by atoms with Gasteiger partial charge in [0.1, 0.15) is 5.75 Å². The Morgan fingerprint density at radius 3 is 2.76 bits per heavy atom. The number of amidine groups is 1. The predicted molar refractivity (Wildman–Crippen MR) is 69.7 cm³/mol. The molecule has 2 rings (SSSR count). The van der Waals surface area contributed by atoms with Crippen molar-refractivity contribution in [1.29, 1.82) is 0 Å². The molecule has 1 fully saturated rings. The van der Waals surface area contributed by atoms with Crippen molar-refractivity contribution in [3.05, 3.63) is 24.3 Å². The smallest absolute Gasteiger partial charge is 0.239 e. The molecule has 1 aliphatic rings. The van der Waals surface area contributed by atoms with Gasteiger partial charge in [0.2, 0.25) is 5.91 Å². The Hall–Kier alpha value is -1.49. The van der Waals surface area contributed by atoms with E-state index >= 15 is 0 Å². The second-order valence-corrected chi connectivity index (χ2v) is 4.69. The number of carbonyl (C=O) groups excluding carboxylic acids is 1. The number of rotatable bonds is 3. The molecule has 0 aromatic heterocycles. The first-order chi connectivity index (χ1) is 8.20. The highest BCUT2D eigenvalue weighted by Crippen LogP contribution is 2.24. The first-order valence-corrected chi connectivity index (χ1v) is 6.50. The van der Waals surface area contributed by atoms with Crippen LogP contribution in [0.2, 0.25) is 0 Å². The Labute approximate surface area is 104 Å². The zero-order chi connectivity index (χ0) is 12.3. The van der Waals surface area contributed by atoms with Crippen LogP contribution in [-0.4, -0.2) is 33.4 Å². The number of aromatic hydroxyl groups is 1. The van der Waals surface area contributed by atoms with Gasteiger partial charge >= 0.3 is 0 Å². The number of aliphatic imine (C=N–C) groups is 1. The summed E-state index contributed by atoms with van der Waals surface area (Å²) in [4.78, 5) is 17.7. The van der Waals surface area contributed by atoms with Crippen LogP contribution in [0.25, 0.3) is 0 Å². The number of hydrogen-bond donors (Lipinski definition) is 1. The van der Waals surface area contributed by atoms with Gasteiger partial charge in [-0.05, 0) is 30.7 Å². The van der Waals surface area contributed by atoms with Gasteiger partial charge in [0, 0.05) is 6.54 Å². The summed E-state index contributed by atoms with van der Waals surface area (Å²) >= 11 is 1.46. The molecule has 1 heterocycles. The molecule has 1 amide bonds. The molecule has 1 aromatic rings. The van der Waals surface area contributed by atoms with Crippen molar-refractivity contribution < 1.29 is 9.90 Å². The number of nitrogens with zero attached hydrogens (tertiary/aromatic N) is 2. The van der Waals surface area contributed by atoms with Gasteiger partial charge < -0.3 is 5.11 Å².